The summed E-state index contributed by atoms with van der Waals surface area (Å²) in [6, 6.07) is 0. The lowest BCUT2D eigenvalue weighted by atomic mass is 10.0. The second-order valence-electron chi connectivity index (χ2n) is 13.8. The Balaban J connectivity index is -0.000000295. The summed E-state index contributed by atoms with van der Waals surface area (Å²) in [5, 5.41) is 0. The number of hydrogen-bond acceptors (Lipinski definition) is 0. The maximum Gasteiger partial charge on any atom is 0.0780 e. The Bertz CT molecular complexity index is 404. The smallest absolute Gasteiger partial charge is 0.0780 e. The van der Waals surface area contributed by atoms with Crippen LogP contribution in [0.4, 0.5) is 0 Å². The molecule has 0 aliphatic heterocycles. The van der Waals surface area contributed by atoms with E-state index in [-0.39, 0.29) is 29.4 Å². The molecule has 0 amide bonds. The third-order valence-corrected chi connectivity index (χ3v) is 7.36. The maximum absolute atomic E-state index is 2.29. The summed E-state index contributed by atoms with van der Waals surface area (Å²) in [6.45, 7) is 7.24. The average molecular weight is 628 g/mol. The fourth-order valence-electron chi connectivity index (χ4n) is 4.85. The SMILES string of the molecule is CCCCCCCCCCCCCCCC[N+](C)(C)C.CCCCCCCCCCCC[N+](C)(C)C.[Br-].[Cl-]. The van der Waals surface area contributed by atoms with E-state index >= 15 is 0 Å². The summed E-state index contributed by atoms with van der Waals surface area (Å²) in [5.41, 5.74) is 0. The van der Waals surface area contributed by atoms with Gasteiger partial charge >= 0.3 is 0 Å². The molecule has 0 aromatic carbocycles. The van der Waals surface area contributed by atoms with E-state index in [0.29, 0.717) is 0 Å². The molecule has 0 bridgehead atoms. The molecule has 2 nitrogen and oxygen atoms in total. The molecule has 0 aromatic rings. The van der Waals surface area contributed by atoms with Crippen molar-refractivity contribution in [2.24, 2.45) is 0 Å². The summed E-state index contributed by atoms with van der Waals surface area (Å²) in [6.07, 6.45) is 34.8. The van der Waals surface area contributed by atoms with Crippen molar-refractivity contribution >= 4 is 0 Å². The average Bonchev–Trinajstić information content (AvgIpc) is 2.79. The zero-order valence-electron chi connectivity index (χ0n) is 28.0. The Morgan fingerprint density at radius 3 is 0.605 bits per heavy atom. The highest BCUT2D eigenvalue weighted by Crippen LogP contribution is 2.13. The lowest BCUT2D eigenvalue weighted by Gasteiger charge is -2.23. The largest absolute Gasteiger partial charge is 1.00 e. The molecule has 0 atom stereocenters. The van der Waals surface area contributed by atoms with Crippen molar-refractivity contribution in [3.63, 3.8) is 0 Å². The first-order valence-corrected chi connectivity index (χ1v) is 16.7. The third-order valence-electron chi connectivity index (χ3n) is 7.36. The van der Waals surface area contributed by atoms with Crippen LogP contribution in [-0.2, 0) is 0 Å². The van der Waals surface area contributed by atoms with Crippen LogP contribution in [0.2, 0.25) is 0 Å². The molecule has 0 rings (SSSR count). The van der Waals surface area contributed by atoms with Crippen LogP contribution >= 0.6 is 0 Å². The number of hydrogen-bond donors (Lipinski definition) is 0. The Hall–Kier alpha value is 0.690. The second kappa shape index (κ2) is 33.9. The van der Waals surface area contributed by atoms with Crippen LogP contribution in [0.1, 0.15) is 168 Å². The monoisotopic (exact) mass is 626 g/mol. The van der Waals surface area contributed by atoms with E-state index in [9.17, 15) is 0 Å². The third kappa shape index (κ3) is 49.6. The predicted octanol–water partition coefficient (Wildman–Crippen LogP) is 4.80. The molecular weight excluding hydrogens is 552 g/mol. The summed E-state index contributed by atoms with van der Waals surface area (Å²) in [5.74, 6) is 0. The molecule has 0 spiro atoms. The molecule has 236 valence electrons. The molecule has 0 aliphatic carbocycles. The first-order chi connectivity index (χ1) is 17.1. The first kappa shape index (κ1) is 45.7. The van der Waals surface area contributed by atoms with Crippen molar-refractivity contribution in [2.75, 3.05) is 55.4 Å². The van der Waals surface area contributed by atoms with Crippen LogP contribution in [0.15, 0.2) is 0 Å². The van der Waals surface area contributed by atoms with Crippen LogP contribution in [0.5, 0.6) is 0 Å². The van der Waals surface area contributed by atoms with Crippen LogP contribution in [0.25, 0.3) is 0 Å². The van der Waals surface area contributed by atoms with Gasteiger partial charge < -0.3 is 38.4 Å². The molecular formula is C34H76BrClN2. The Labute approximate surface area is 260 Å². The minimum absolute atomic E-state index is 0. The summed E-state index contributed by atoms with van der Waals surface area (Å²) >= 11 is 0. The van der Waals surface area contributed by atoms with E-state index in [1.165, 1.54) is 167 Å². The van der Waals surface area contributed by atoms with Crippen molar-refractivity contribution < 1.29 is 38.4 Å². The Morgan fingerprint density at radius 1 is 0.289 bits per heavy atom. The van der Waals surface area contributed by atoms with Crippen molar-refractivity contribution in [3.05, 3.63) is 0 Å². The highest BCUT2D eigenvalue weighted by atomic mass is 79.9. The fourth-order valence-corrected chi connectivity index (χ4v) is 4.85. The summed E-state index contributed by atoms with van der Waals surface area (Å²) < 4.78 is 2.25. The van der Waals surface area contributed by atoms with Crippen molar-refractivity contribution in [2.45, 2.75) is 168 Å². The van der Waals surface area contributed by atoms with Gasteiger partial charge in [0.25, 0.3) is 0 Å². The molecule has 0 unspecified atom stereocenters. The van der Waals surface area contributed by atoms with Crippen molar-refractivity contribution in [1.82, 2.24) is 0 Å². The molecule has 4 heteroatoms. The Morgan fingerprint density at radius 2 is 0.447 bits per heavy atom. The number of nitrogens with zero attached hydrogens (tertiary/aromatic N) is 2. The maximum atomic E-state index is 2.29. The van der Waals surface area contributed by atoms with Gasteiger partial charge in [-0.15, -0.1) is 0 Å². The quantitative estimate of drug-likeness (QED) is 0.0956. The molecule has 0 radical (unpaired) electrons. The molecule has 0 N–H and O–H groups in total. The predicted molar refractivity (Wildman–Crippen MR) is 168 cm³/mol. The molecule has 0 aliphatic rings. The van der Waals surface area contributed by atoms with Gasteiger partial charge in [-0.25, -0.2) is 0 Å². The van der Waals surface area contributed by atoms with Gasteiger partial charge in [-0.05, 0) is 25.7 Å². The zero-order chi connectivity index (χ0) is 27.4. The minimum atomic E-state index is 0. The van der Waals surface area contributed by atoms with Crippen molar-refractivity contribution in [3.8, 4) is 0 Å². The lowest BCUT2D eigenvalue weighted by molar-refractivity contribution is -0.870. The van der Waals surface area contributed by atoms with Crippen LogP contribution in [0.3, 0.4) is 0 Å². The number of halogens is 2. The van der Waals surface area contributed by atoms with Gasteiger partial charge in [0.15, 0.2) is 0 Å². The summed E-state index contributed by atoms with van der Waals surface area (Å²) in [4.78, 5) is 0. The lowest BCUT2D eigenvalue weighted by Crippen LogP contribution is -3.00. The minimum Gasteiger partial charge on any atom is -1.00 e. The topological polar surface area (TPSA) is 0 Å². The number of unbranched alkanes of at least 4 members (excludes halogenated alkanes) is 22. The van der Waals surface area contributed by atoms with Gasteiger partial charge in [0.05, 0.1) is 55.4 Å². The molecule has 0 aromatic heterocycles. The van der Waals surface area contributed by atoms with Gasteiger partial charge in [0.2, 0.25) is 0 Å². The normalized spacial score (nSPS) is 11.4. The van der Waals surface area contributed by atoms with E-state index in [0.717, 1.165) is 8.97 Å². The molecule has 0 heterocycles. The van der Waals surface area contributed by atoms with E-state index < -0.39 is 0 Å². The molecule has 0 saturated carbocycles. The second-order valence-corrected chi connectivity index (χ2v) is 13.8. The number of rotatable bonds is 26. The zero-order valence-corrected chi connectivity index (χ0v) is 30.4. The van der Waals surface area contributed by atoms with Gasteiger partial charge in [-0.3, -0.25) is 0 Å². The highest BCUT2D eigenvalue weighted by molar-refractivity contribution is 4.49. The van der Waals surface area contributed by atoms with Gasteiger partial charge in [0.1, 0.15) is 0 Å². The molecule has 0 saturated heterocycles. The van der Waals surface area contributed by atoms with Gasteiger partial charge in [-0.1, -0.05) is 142 Å². The van der Waals surface area contributed by atoms with E-state index in [2.05, 4.69) is 56.1 Å². The highest BCUT2D eigenvalue weighted by Gasteiger charge is 2.05. The first-order valence-electron chi connectivity index (χ1n) is 16.7. The standard InChI is InChI=1S/C19H42N.C15H34N.BrH.ClH/c1-5-6-7-8-9-10-11-12-13-14-15-16-17-18-19-20(2,3)4;1-5-6-7-8-9-10-11-12-13-14-15-16(2,3)4;;/h5-19H2,1-4H3;5-15H2,1-4H3;2*1H/q2*+1;;/p-2. The van der Waals surface area contributed by atoms with Gasteiger partial charge in [-0.2, -0.15) is 0 Å². The van der Waals surface area contributed by atoms with E-state index in [4.69, 9.17) is 0 Å². The van der Waals surface area contributed by atoms with Crippen LogP contribution in [0, 0.1) is 0 Å². The van der Waals surface area contributed by atoms with E-state index in [1.807, 2.05) is 0 Å². The summed E-state index contributed by atoms with van der Waals surface area (Å²) in [7, 11) is 13.7. The van der Waals surface area contributed by atoms with Crippen LogP contribution < -0.4 is 29.4 Å². The number of quaternary nitrogens is 2. The fraction of sp³-hybridized carbons (Fsp3) is 1.00. The molecule has 38 heavy (non-hydrogen) atoms. The molecule has 0 fully saturated rings. The van der Waals surface area contributed by atoms with E-state index in [1.54, 1.807) is 0 Å². The van der Waals surface area contributed by atoms with Gasteiger partial charge in [0, 0.05) is 0 Å². The van der Waals surface area contributed by atoms with Crippen molar-refractivity contribution in [1.29, 1.82) is 0 Å². The Kier molecular flexibility index (Phi) is 40.7. The van der Waals surface area contributed by atoms with Crippen LogP contribution in [-0.4, -0.2) is 64.3 Å².